The van der Waals surface area contributed by atoms with Gasteiger partial charge in [-0.05, 0) is 25.0 Å². The maximum absolute atomic E-state index is 5.79. The summed E-state index contributed by atoms with van der Waals surface area (Å²) in [6.07, 6.45) is 2.68. The molecule has 4 nitrogen and oxygen atoms in total. The van der Waals surface area contributed by atoms with Gasteiger partial charge in [0.1, 0.15) is 12.4 Å². The summed E-state index contributed by atoms with van der Waals surface area (Å²) in [5, 5.41) is 3.60. The lowest BCUT2D eigenvalue weighted by Gasteiger charge is -2.35. The van der Waals surface area contributed by atoms with Gasteiger partial charge in [-0.3, -0.25) is 4.90 Å². The van der Waals surface area contributed by atoms with Crippen LogP contribution in [-0.2, 0) is 4.74 Å². The van der Waals surface area contributed by atoms with Crippen LogP contribution in [0.25, 0.3) is 0 Å². The minimum atomic E-state index is 0.490. The Morgan fingerprint density at radius 1 is 1.25 bits per heavy atom. The number of nitrogens with zero attached hydrogens (tertiary/aromatic N) is 1. The van der Waals surface area contributed by atoms with E-state index in [9.17, 15) is 0 Å². The Morgan fingerprint density at radius 3 is 2.90 bits per heavy atom. The first-order valence-electron chi connectivity index (χ1n) is 7.65. The fourth-order valence-corrected chi connectivity index (χ4v) is 2.56. The SMILES string of the molecule is c1ccc(OCCN2CCOCC2CNC2CC2)cc1. The monoisotopic (exact) mass is 276 g/mol. The second kappa shape index (κ2) is 7.07. The number of rotatable bonds is 7. The molecule has 1 aliphatic heterocycles. The van der Waals surface area contributed by atoms with E-state index in [0.717, 1.165) is 51.2 Å². The summed E-state index contributed by atoms with van der Waals surface area (Å²) < 4.78 is 11.4. The number of para-hydroxylation sites is 1. The van der Waals surface area contributed by atoms with Crippen LogP contribution in [-0.4, -0.2) is 56.4 Å². The largest absolute Gasteiger partial charge is 0.492 e. The van der Waals surface area contributed by atoms with Crippen LogP contribution in [0.4, 0.5) is 0 Å². The summed E-state index contributed by atoms with van der Waals surface area (Å²) >= 11 is 0. The summed E-state index contributed by atoms with van der Waals surface area (Å²) in [6, 6.07) is 11.3. The highest BCUT2D eigenvalue weighted by Gasteiger charge is 2.26. The maximum atomic E-state index is 5.79. The summed E-state index contributed by atoms with van der Waals surface area (Å²) in [4.78, 5) is 2.49. The molecule has 0 amide bonds. The van der Waals surface area contributed by atoms with E-state index in [1.54, 1.807) is 0 Å². The van der Waals surface area contributed by atoms with Crippen molar-refractivity contribution >= 4 is 0 Å². The number of morpholine rings is 1. The molecule has 0 radical (unpaired) electrons. The molecule has 0 spiro atoms. The highest BCUT2D eigenvalue weighted by Crippen LogP contribution is 2.19. The van der Waals surface area contributed by atoms with Gasteiger partial charge in [0.2, 0.25) is 0 Å². The maximum Gasteiger partial charge on any atom is 0.119 e. The minimum absolute atomic E-state index is 0.490. The van der Waals surface area contributed by atoms with Gasteiger partial charge >= 0.3 is 0 Å². The van der Waals surface area contributed by atoms with Crippen LogP contribution in [0.15, 0.2) is 30.3 Å². The van der Waals surface area contributed by atoms with Crippen molar-refractivity contribution in [2.75, 3.05) is 39.5 Å². The van der Waals surface area contributed by atoms with Crippen molar-refractivity contribution in [2.24, 2.45) is 0 Å². The van der Waals surface area contributed by atoms with E-state index >= 15 is 0 Å². The zero-order chi connectivity index (χ0) is 13.6. The van der Waals surface area contributed by atoms with Crippen LogP contribution >= 0.6 is 0 Å². The molecule has 2 aliphatic rings. The Labute approximate surface area is 121 Å². The van der Waals surface area contributed by atoms with Crippen LogP contribution in [0.2, 0.25) is 0 Å². The van der Waals surface area contributed by atoms with Crippen molar-refractivity contribution in [3.05, 3.63) is 30.3 Å². The van der Waals surface area contributed by atoms with Crippen molar-refractivity contribution in [1.29, 1.82) is 0 Å². The molecule has 0 aromatic heterocycles. The van der Waals surface area contributed by atoms with E-state index in [2.05, 4.69) is 10.2 Å². The van der Waals surface area contributed by atoms with E-state index in [1.165, 1.54) is 12.8 Å². The summed E-state index contributed by atoms with van der Waals surface area (Å²) in [5.74, 6) is 0.952. The Bertz CT molecular complexity index is 395. The highest BCUT2D eigenvalue weighted by atomic mass is 16.5. The third kappa shape index (κ3) is 4.20. The third-order valence-electron chi connectivity index (χ3n) is 3.96. The van der Waals surface area contributed by atoms with E-state index in [-0.39, 0.29) is 0 Å². The predicted octanol–water partition coefficient (Wildman–Crippen LogP) is 1.52. The van der Waals surface area contributed by atoms with E-state index in [4.69, 9.17) is 9.47 Å². The molecule has 1 saturated carbocycles. The lowest BCUT2D eigenvalue weighted by Crippen LogP contribution is -2.51. The molecule has 1 aliphatic carbocycles. The second-order valence-corrected chi connectivity index (χ2v) is 5.61. The fraction of sp³-hybridized carbons (Fsp3) is 0.625. The van der Waals surface area contributed by atoms with Crippen LogP contribution in [0, 0.1) is 0 Å². The van der Waals surface area contributed by atoms with Crippen LogP contribution in [0.1, 0.15) is 12.8 Å². The lowest BCUT2D eigenvalue weighted by atomic mass is 10.2. The Hall–Kier alpha value is -1.10. The highest BCUT2D eigenvalue weighted by molar-refractivity contribution is 5.20. The van der Waals surface area contributed by atoms with Gasteiger partial charge in [-0.15, -0.1) is 0 Å². The zero-order valence-corrected chi connectivity index (χ0v) is 12.0. The number of nitrogens with one attached hydrogen (secondary N) is 1. The van der Waals surface area contributed by atoms with Gasteiger partial charge in [-0.2, -0.15) is 0 Å². The van der Waals surface area contributed by atoms with Crippen LogP contribution < -0.4 is 10.1 Å². The molecule has 4 heteroatoms. The summed E-state index contributed by atoms with van der Waals surface area (Å²) in [6.45, 7) is 5.43. The van der Waals surface area contributed by atoms with Crippen molar-refractivity contribution in [3.63, 3.8) is 0 Å². The molecule has 1 atom stereocenters. The van der Waals surface area contributed by atoms with Crippen molar-refractivity contribution in [1.82, 2.24) is 10.2 Å². The molecular weight excluding hydrogens is 252 g/mol. The molecule has 1 unspecified atom stereocenters. The molecule has 1 N–H and O–H groups in total. The third-order valence-corrected chi connectivity index (χ3v) is 3.96. The topological polar surface area (TPSA) is 33.7 Å². The smallest absolute Gasteiger partial charge is 0.119 e. The van der Waals surface area contributed by atoms with Crippen molar-refractivity contribution in [2.45, 2.75) is 24.9 Å². The van der Waals surface area contributed by atoms with Gasteiger partial charge in [-0.25, -0.2) is 0 Å². The predicted molar refractivity (Wildman–Crippen MR) is 79.1 cm³/mol. The summed E-state index contributed by atoms with van der Waals surface area (Å²) in [7, 11) is 0. The molecule has 20 heavy (non-hydrogen) atoms. The van der Waals surface area contributed by atoms with E-state index in [0.29, 0.717) is 6.04 Å². The fourth-order valence-electron chi connectivity index (χ4n) is 2.56. The van der Waals surface area contributed by atoms with Gasteiger partial charge in [0, 0.05) is 31.7 Å². The summed E-state index contributed by atoms with van der Waals surface area (Å²) in [5.41, 5.74) is 0. The first-order chi connectivity index (χ1) is 9.92. The molecule has 1 aromatic carbocycles. The molecule has 1 aromatic rings. The Balaban J connectivity index is 1.41. The average Bonchev–Trinajstić information content (AvgIpc) is 3.32. The molecule has 1 saturated heterocycles. The lowest BCUT2D eigenvalue weighted by molar-refractivity contribution is -0.0116. The number of ether oxygens (including phenoxy) is 2. The van der Waals surface area contributed by atoms with E-state index < -0.39 is 0 Å². The van der Waals surface area contributed by atoms with Gasteiger partial charge in [-0.1, -0.05) is 18.2 Å². The van der Waals surface area contributed by atoms with E-state index in [1.807, 2.05) is 30.3 Å². The molecule has 0 bridgehead atoms. The zero-order valence-electron chi connectivity index (χ0n) is 12.0. The minimum Gasteiger partial charge on any atom is -0.492 e. The molecule has 2 fully saturated rings. The van der Waals surface area contributed by atoms with Crippen molar-refractivity contribution in [3.8, 4) is 5.75 Å². The second-order valence-electron chi connectivity index (χ2n) is 5.61. The Morgan fingerprint density at radius 2 is 2.10 bits per heavy atom. The van der Waals surface area contributed by atoms with Gasteiger partial charge in [0.25, 0.3) is 0 Å². The first-order valence-corrected chi connectivity index (χ1v) is 7.65. The molecule has 3 rings (SSSR count). The molecule has 110 valence electrons. The van der Waals surface area contributed by atoms with Crippen LogP contribution in [0.5, 0.6) is 5.75 Å². The van der Waals surface area contributed by atoms with Gasteiger partial charge < -0.3 is 14.8 Å². The quantitative estimate of drug-likeness (QED) is 0.818. The first kappa shape index (κ1) is 13.9. The van der Waals surface area contributed by atoms with Gasteiger partial charge in [0.15, 0.2) is 0 Å². The van der Waals surface area contributed by atoms with Crippen LogP contribution in [0.3, 0.4) is 0 Å². The molecule has 1 heterocycles. The Kier molecular flexibility index (Phi) is 4.90. The standard InChI is InChI=1S/C16H24N2O2/c1-2-4-16(5-3-1)20-11-9-18-8-10-19-13-15(18)12-17-14-6-7-14/h1-5,14-15,17H,6-13H2. The number of hydrogen-bond donors (Lipinski definition) is 1. The normalized spacial score (nSPS) is 23.7. The number of hydrogen-bond acceptors (Lipinski definition) is 4. The van der Waals surface area contributed by atoms with Crippen molar-refractivity contribution < 1.29 is 9.47 Å². The number of benzene rings is 1. The molecular formula is C16H24N2O2. The average molecular weight is 276 g/mol. The van der Waals surface area contributed by atoms with Gasteiger partial charge in [0.05, 0.1) is 13.2 Å².